The van der Waals surface area contributed by atoms with Crippen LogP contribution < -0.4 is 10.6 Å². The van der Waals surface area contributed by atoms with Gasteiger partial charge >= 0.3 is 0 Å². The Balaban J connectivity index is 1.35. The van der Waals surface area contributed by atoms with Crippen LogP contribution in [0, 0.1) is 11.2 Å². The number of carbonyl (C=O) groups excluding carboxylic acids is 1. The van der Waals surface area contributed by atoms with Gasteiger partial charge in [-0.1, -0.05) is 17.7 Å². The van der Waals surface area contributed by atoms with Crippen molar-refractivity contribution in [2.45, 2.75) is 44.6 Å². The van der Waals surface area contributed by atoms with Crippen molar-refractivity contribution in [3.05, 3.63) is 52.8 Å². The molecule has 2 aromatic carbocycles. The summed E-state index contributed by atoms with van der Waals surface area (Å²) in [6.07, 6.45) is 7.30. The summed E-state index contributed by atoms with van der Waals surface area (Å²) in [6, 6.07) is 10.2. The lowest BCUT2D eigenvalue weighted by Gasteiger charge is -2.29. The van der Waals surface area contributed by atoms with E-state index in [0.29, 0.717) is 22.4 Å². The number of aromatic nitrogens is 2. The fourth-order valence-corrected chi connectivity index (χ4v) is 4.71. The SMILES string of the molecule is Cn1c(Nc2c(F)cccc2Cl)nc2cc(C(=O)NC3CCC4(CC3)CC4)ccc21. The van der Waals surface area contributed by atoms with Crippen molar-refractivity contribution < 1.29 is 9.18 Å². The number of nitrogens with zero attached hydrogens (tertiary/aromatic N) is 2. The van der Waals surface area contributed by atoms with Crippen molar-refractivity contribution in [3.8, 4) is 0 Å². The van der Waals surface area contributed by atoms with Crippen molar-refractivity contribution >= 4 is 40.2 Å². The smallest absolute Gasteiger partial charge is 0.251 e. The molecule has 1 aromatic heterocycles. The largest absolute Gasteiger partial charge is 0.349 e. The summed E-state index contributed by atoms with van der Waals surface area (Å²) in [5, 5.41) is 6.44. The van der Waals surface area contributed by atoms with E-state index >= 15 is 0 Å². The Morgan fingerprint density at radius 1 is 1.20 bits per heavy atom. The van der Waals surface area contributed by atoms with Crippen LogP contribution >= 0.6 is 11.6 Å². The maximum atomic E-state index is 14.1. The molecule has 2 fully saturated rings. The van der Waals surface area contributed by atoms with Crippen LogP contribution in [0.25, 0.3) is 11.0 Å². The van der Waals surface area contributed by atoms with E-state index in [9.17, 15) is 9.18 Å². The van der Waals surface area contributed by atoms with Gasteiger partial charge in [-0.25, -0.2) is 9.37 Å². The van der Waals surface area contributed by atoms with Crippen molar-refractivity contribution in [3.63, 3.8) is 0 Å². The second kappa shape index (κ2) is 7.27. The summed E-state index contributed by atoms with van der Waals surface area (Å²) >= 11 is 6.12. The number of benzene rings is 2. The van der Waals surface area contributed by atoms with Gasteiger partial charge in [0.1, 0.15) is 5.82 Å². The normalized spacial score (nSPS) is 18.0. The fraction of sp³-hybridized carbons (Fsp3) is 0.391. The highest BCUT2D eigenvalue weighted by atomic mass is 35.5. The van der Waals surface area contributed by atoms with Gasteiger partial charge in [0, 0.05) is 18.7 Å². The number of para-hydroxylation sites is 1. The monoisotopic (exact) mass is 426 g/mol. The van der Waals surface area contributed by atoms with Crippen LogP contribution in [0.3, 0.4) is 0 Å². The summed E-state index contributed by atoms with van der Waals surface area (Å²) in [4.78, 5) is 17.3. The second-order valence-corrected chi connectivity index (χ2v) is 9.07. The first kappa shape index (κ1) is 19.4. The van der Waals surface area contributed by atoms with E-state index in [2.05, 4.69) is 15.6 Å². The summed E-state index contributed by atoms with van der Waals surface area (Å²) in [5.74, 6) is -0.0578. The minimum atomic E-state index is -0.449. The molecule has 0 atom stereocenters. The number of imidazole rings is 1. The van der Waals surface area contributed by atoms with E-state index in [1.807, 2.05) is 23.7 Å². The molecule has 0 bridgehead atoms. The van der Waals surface area contributed by atoms with E-state index in [4.69, 9.17) is 11.6 Å². The minimum absolute atomic E-state index is 0.0639. The summed E-state index contributed by atoms with van der Waals surface area (Å²) in [7, 11) is 1.84. The molecule has 1 amide bonds. The van der Waals surface area contributed by atoms with Crippen LogP contribution in [0.5, 0.6) is 0 Å². The zero-order valence-electron chi connectivity index (χ0n) is 16.8. The lowest BCUT2D eigenvalue weighted by molar-refractivity contribution is 0.0919. The van der Waals surface area contributed by atoms with E-state index < -0.39 is 5.82 Å². The van der Waals surface area contributed by atoms with Crippen molar-refractivity contribution in [1.82, 2.24) is 14.9 Å². The predicted octanol–water partition coefficient (Wildman–Crippen LogP) is 5.56. The van der Waals surface area contributed by atoms with Gasteiger partial charge in [0.25, 0.3) is 5.91 Å². The third-order valence-corrected chi connectivity index (χ3v) is 7.00. The van der Waals surface area contributed by atoms with Gasteiger partial charge in [0.2, 0.25) is 5.95 Å². The number of aryl methyl sites for hydroxylation is 1. The molecule has 2 aliphatic rings. The van der Waals surface area contributed by atoms with E-state index in [-0.39, 0.29) is 22.7 Å². The quantitative estimate of drug-likeness (QED) is 0.574. The molecule has 2 saturated carbocycles. The molecule has 1 spiro atoms. The molecule has 1 heterocycles. The number of amides is 1. The summed E-state index contributed by atoms with van der Waals surface area (Å²) in [6.45, 7) is 0. The number of halogens is 2. The molecule has 156 valence electrons. The molecule has 0 unspecified atom stereocenters. The predicted molar refractivity (Wildman–Crippen MR) is 117 cm³/mol. The van der Waals surface area contributed by atoms with E-state index in [1.54, 1.807) is 18.2 Å². The molecular weight excluding hydrogens is 403 g/mol. The molecule has 5 nitrogen and oxygen atoms in total. The van der Waals surface area contributed by atoms with Crippen LogP contribution in [0.15, 0.2) is 36.4 Å². The fourth-order valence-electron chi connectivity index (χ4n) is 4.50. The second-order valence-electron chi connectivity index (χ2n) is 8.67. The lowest BCUT2D eigenvalue weighted by atomic mass is 9.83. The number of anilines is 2. The number of nitrogens with one attached hydrogen (secondary N) is 2. The average molecular weight is 427 g/mol. The van der Waals surface area contributed by atoms with Gasteiger partial charge in [0.15, 0.2) is 0 Å². The van der Waals surface area contributed by atoms with Gasteiger partial charge in [-0.15, -0.1) is 0 Å². The third kappa shape index (κ3) is 3.54. The van der Waals surface area contributed by atoms with Gasteiger partial charge in [0.05, 0.1) is 21.7 Å². The first-order valence-corrected chi connectivity index (χ1v) is 10.8. The molecule has 2 N–H and O–H groups in total. The maximum absolute atomic E-state index is 14.1. The van der Waals surface area contributed by atoms with Crippen molar-refractivity contribution in [2.24, 2.45) is 12.5 Å². The van der Waals surface area contributed by atoms with E-state index in [1.165, 1.54) is 31.7 Å². The zero-order valence-corrected chi connectivity index (χ0v) is 17.6. The number of fused-ring (bicyclic) bond motifs is 1. The number of hydrogen-bond donors (Lipinski definition) is 2. The Hall–Kier alpha value is -2.60. The Labute approximate surface area is 179 Å². The zero-order chi connectivity index (χ0) is 20.9. The van der Waals surface area contributed by atoms with Crippen LogP contribution in [-0.4, -0.2) is 21.5 Å². The molecule has 7 heteroatoms. The molecule has 3 aromatic rings. The van der Waals surface area contributed by atoms with Crippen LogP contribution in [0.2, 0.25) is 5.02 Å². The Morgan fingerprint density at radius 3 is 2.67 bits per heavy atom. The Kier molecular flexibility index (Phi) is 4.69. The number of rotatable bonds is 4. The third-order valence-electron chi connectivity index (χ3n) is 6.68. The molecule has 30 heavy (non-hydrogen) atoms. The number of hydrogen-bond acceptors (Lipinski definition) is 3. The van der Waals surface area contributed by atoms with Gasteiger partial charge in [-0.3, -0.25) is 4.79 Å². The Bertz CT molecular complexity index is 1110. The Morgan fingerprint density at radius 2 is 1.97 bits per heavy atom. The highest BCUT2D eigenvalue weighted by Gasteiger charge is 2.44. The first-order chi connectivity index (χ1) is 14.4. The number of carbonyl (C=O) groups is 1. The highest BCUT2D eigenvalue weighted by Crippen LogP contribution is 2.56. The van der Waals surface area contributed by atoms with Crippen LogP contribution in [0.1, 0.15) is 48.9 Å². The lowest BCUT2D eigenvalue weighted by Crippen LogP contribution is -2.37. The molecule has 2 aliphatic carbocycles. The molecular formula is C23H24ClFN4O. The van der Waals surface area contributed by atoms with Crippen molar-refractivity contribution in [1.29, 1.82) is 0 Å². The molecule has 0 aliphatic heterocycles. The van der Waals surface area contributed by atoms with E-state index in [0.717, 1.165) is 18.4 Å². The maximum Gasteiger partial charge on any atom is 0.251 e. The van der Waals surface area contributed by atoms with Crippen LogP contribution in [0.4, 0.5) is 16.0 Å². The highest BCUT2D eigenvalue weighted by molar-refractivity contribution is 6.33. The first-order valence-electron chi connectivity index (χ1n) is 10.4. The summed E-state index contributed by atoms with van der Waals surface area (Å²) in [5.41, 5.74) is 2.89. The summed E-state index contributed by atoms with van der Waals surface area (Å²) < 4.78 is 15.9. The standard InChI is InChI=1S/C23H24ClFN4O/c1-29-19-6-5-14(21(30)26-15-7-9-23(10-8-15)11-12-23)13-18(19)27-22(29)28-20-16(24)3-2-4-17(20)25/h2-6,13,15H,7-12H2,1H3,(H,26,30)(H,27,28). The van der Waals surface area contributed by atoms with Crippen LogP contribution in [-0.2, 0) is 7.05 Å². The van der Waals surface area contributed by atoms with Crippen molar-refractivity contribution in [2.75, 3.05) is 5.32 Å². The average Bonchev–Trinajstić information content (AvgIpc) is 3.42. The molecule has 0 radical (unpaired) electrons. The molecule has 5 rings (SSSR count). The molecule has 0 saturated heterocycles. The van der Waals surface area contributed by atoms with Gasteiger partial charge < -0.3 is 15.2 Å². The van der Waals surface area contributed by atoms with Gasteiger partial charge in [-0.2, -0.15) is 0 Å². The minimum Gasteiger partial charge on any atom is -0.349 e. The van der Waals surface area contributed by atoms with Gasteiger partial charge in [-0.05, 0) is 74.3 Å². The topological polar surface area (TPSA) is 59.0 Å².